The van der Waals surface area contributed by atoms with Gasteiger partial charge in [0.2, 0.25) is 12.2 Å². The Kier molecular flexibility index (Phi) is 3.17. The molecule has 2 aromatic rings. The van der Waals surface area contributed by atoms with Crippen LogP contribution in [-0.4, -0.2) is 34.6 Å². The highest BCUT2D eigenvalue weighted by atomic mass is 32.1. The molecule has 8 heteroatoms. The van der Waals surface area contributed by atoms with E-state index < -0.39 is 6.29 Å². The van der Waals surface area contributed by atoms with Gasteiger partial charge in [0.1, 0.15) is 11.9 Å². The van der Waals surface area contributed by atoms with Crippen LogP contribution in [0.4, 0.5) is 4.39 Å². The first-order chi connectivity index (χ1) is 10.6. The van der Waals surface area contributed by atoms with Gasteiger partial charge < -0.3 is 13.9 Å². The molecule has 22 heavy (non-hydrogen) atoms. The molecular weight excluding hydrogens is 311 g/mol. The minimum Gasteiger partial charge on any atom is -0.409 e. The highest BCUT2D eigenvalue weighted by Crippen LogP contribution is 2.33. The van der Waals surface area contributed by atoms with E-state index in [-0.39, 0.29) is 40.9 Å². The Hall–Kier alpha value is -1.90. The van der Waals surface area contributed by atoms with Gasteiger partial charge in [0.15, 0.2) is 5.78 Å². The molecule has 0 radical (unpaired) electrons. The van der Waals surface area contributed by atoms with Crippen LogP contribution in [0.2, 0.25) is 0 Å². The van der Waals surface area contributed by atoms with Crippen molar-refractivity contribution in [3.05, 3.63) is 34.9 Å². The maximum absolute atomic E-state index is 13.0. The van der Waals surface area contributed by atoms with Crippen LogP contribution in [0.5, 0.6) is 0 Å². The van der Waals surface area contributed by atoms with Crippen molar-refractivity contribution >= 4 is 18.0 Å². The molecule has 0 N–H and O–H groups in total. The number of hydrogen-bond acceptors (Lipinski definition) is 6. The number of hydrogen-bond donors (Lipinski definition) is 0. The number of benzene rings is 1. The summed E-state index contributed by atoms with van der Waals surface area (Å²) in [7, 11) is 0. The first-order valence-electron chi connectivity index (χ1n) is 6.77. The predicted octanol–water partition coefficient (Wildman–Crippen LogP) is 2.27. The van der Waals surface area contributed by atoms with Gasteiger partial charge in [-0.15, -0.1) is 5.10 Å². The van der Waals surface area contributed by atoms with E-state index in [9.17, 15) is 9.18 Å². The molecule has 1 aromatic carbocycles. The minimum atomic E-state index is -0.765. The van der Waals surface area contributed by atoms with Crippen molar-refractivity contribution in [2.45, 2.75) is 24.9 Å². The lowest BCUT2D eigenvalue weighted by Crippen LogP contribution is -2.37. The van der Waals surface area contributed by atoms with Gasteiger partial charge in [0.05, 0.1) is 12.6 Å². The van der Waals surface area contributed by atoms with Crippen LogP contribution >= 0.6 is 12.2 Å². The number of carbonyl (C=O) groups excluding carboxylic acids is 1. The van der Waals surface area contributed by atoms with Crippen molar-refractivity contribution in [2.75, 3.05) is 6.61 Å². The molecule has 0 aliphatic carbocycles. The fraction of sp³-hybridized carbons (Fsp3) is 0.357. The lowest BCUT2D eigenvalue weighted by molar-refractivity contribution is -0.156. The molecule has 0 saturated carbocycles. The second-order valence-corrected chi connectivity index (χ2v) is 5.55. The topological polar surface area (TPSA) is 66.5 Å². The second kappa shape index (κ2) is 5.08. The van der Waals surface area contributed by atoms with Crippen LogP contribution in [0.1, 0.15) is 12.5 Å². The molecule has 3 heterocycles. The highest BCUT2D eigenvalue weighted by Gasteiger charge is 2.45. The van der Waals surface area contributed by atoms with E-state index in [0.717, 1.165) is 0 Å². The van der Waals surface area contributed by atoms with Gasteiger partial charge in [-0.1, -0.05) is 0 Å². The predicted molar refractivity (Wildman–Crippen MR) is 74.0 cm³/mol. The van der Waals surface area contributed by atoms with Crippen molar-refractivity contribution in [3.8, 4) is 11.5 Å². The first-order valence-corrected chi connectivity index (χ1v) is 7.18. The summed E-state index contributed by atoms with van der Waals surface area (Å²) < 4.78 is 30.7. The maximum Gasteiger partial charge on any atom is 0.287 e. The molecule has 4 rings (SSSR count). The molecule has 6 nitrogen and oxygen atoms in total. The molecule has 2 aliphatic rings. The molecule has 1 aromatic heterocycles. The summed E-state index contributed by atoms with van der Waals surface area (Å²) in [6, 6.07) is 5.39. The highest BCUT2D eigenvalue weighted by molar-refractivity contribution is 7.71. The van der Waals surface area contributed by atoms with Crippen LogP contribution in [-0.2, 0) is 14.3 Å². The molecule has 0 amide bonds. The number of carbonyl (C=O) groups is 1. The standard InChI is InChI=1S/C14H11FN2O4S/c15-8-3-1-7(2-4-8)12-16-17(14(22)21-12)9-5-10(18)13-19-6-11(9)20-13/h1-4,9,11,13H,5-6H2. The fourth-order valence-corrected chi connectivity index (χ4v) is 2.93. The van der Waals surface area contributed by atoms with Gasteiger partial charge >= 0.3 is 0 Å². The fourth-order valence-electron chi connectivity index (χ4n) is 2.68. The Bertz CT molecular complexity index is 785. The van der Waals surface area contributed by atoms with Crippen molar-refractivity contribution in [1.82, 2.24) is 9.78 Å². The quantitative estimate of drug-likeness (QED) is 0.790. The summed E-state index contributed by atoms with van der Waals surface area (Å²) in [5.41, 5.74) is 0.606. The Balaban J connectivity index is 1.70. The van der Waals surface area contributed by atoms with Crippen molar-refractivity contribution in [3.63, 3.8) is 0 Å². The number of ketones is 1. The normalized spacial score (nSPS) is 27.3. The van der Waals surface area contributed by atoms with Crippen LogP contribution in [0.15, 0.2) is 28.7 Å². The zero-order valence-electron chi connectivity index (χ0n) is 11.3. The van der Waals surface area contributed by atoms with E-state index in [1.54, 1.807) is 12.1 Å². The third kappa shape index (κ3) is 2.20. The molecule has 3 unspecified atom stereocenters. The van der Waals surface area contributed by atoms with Crippen LogP contribution < -0.4 is 0 Å². The van der Waals surface area contributed by atoms with E-state index in [0.29, 0.717) is 12.2 Å². The summed E-state index contributed by atoms with van der Waals surface area (Å²) in [6.07, 6.45) is -0.807. The molecule has 114 valence electrons. The molecule has 2 bridgehead atoms. The van der Waals surface area contributed by atoms with Crippen LogP contribution in [0.25, 0.3) is 11.5 Å². The number of aromatic nitrogens is 2. The Labute approximate surface area is 129 Å². The van der Waals surface area contributed by atoms with E-state index in [1.807, 2.05) is 0 Å². The number of ether oxygens (including phenoxy) is 2. The number of Topliss-reactive ketones (excluding diaryl/α,β-unsaturated/α-hetero) is 1. The summed E-state index contributed by atoms with van der Waals surface area (Å²) in [5, 5.41) is 4.32. The Morgan fingerprint density at radius 2 is 2.09 bits per heavy atom. The number of halogens is 1. The van der Waals surface area contributed by atoms with Gasteiger partial charge in [-0.25, -0.2) is 9.07 Å². The SMILES string of the molecule is O=C1CC(n2nc(-c3ccc(F)cc3)oc2=S)C2COC1O2. The van der Waals surface area contributed by atoms with Gasteiger partial charge in [-0.2, -0.15) is 0 Å². The molecule has 0 spiro atoms. The third-order valence-electron chi connectivity index (χ3n) is 3.79. The van der Waals surface area contributed by atoms with E-state index >= 15 is 0 Å². The monoisotopic (exact) mass is 322 g/mol. The Morgan fingerprint density at radius 3 is 2.86 bits per heavy atom. The largest absolute Gasteiger partial charge is 0.409 e. The van der Waals surface area contributed by atoms with Crippen LogP contribution in [0.3, 0.4) is 0 Å². The summed E-state index contributed by atoms with van der Waals surface area (Å²) in [6.45, 7) is 0.321. The van der Waals surface area contributed by atoms with Gasteiger partial charge in [0, 0.05) is 12.0 Å². The lowest BCUT2D eigenvalue weighted by atomic mass is 10.0. The lowest BCUT2D eigenvalue weighted by Gasteiger charge is -2.25. The van der Waals surface area contributed by atoms with Crippen molar-refractivity contribution < 1.29 is 23.1 Å². The zero-order valence-corrected chi connectivity index (χ0v) is 12.1. The van der Waals surface area contributed by atoms with Crippen molar-refractivity contribution in [2.24, 2.45) is 0 Å². The summed E-state index contributed by atoms with van der Waals surface area (Å²) in [5.74, 6) is -0.201. The second-order valence-electron chi connectivity index (χ2n) is 5.20. The summed E-state index contributed by atoms with van der Waals surface area (Å²) >= 11 is 5.18. The minimum absolute atomic E-state index is 0.132. The summed E-state index contributed by atoms with van der Waals surface area (Å²) in [4.78, 5) is 12.0. The van der Waals surface area contributed by atoms with E-state index in [4.69, 9.17) is 26.1 Å². The molecule has 2 saturated heterocycles. The van der Waals surface area contributed by atoms with Crippen molar-refractivity contribution in [1.29, 1.82) is 0 Å². The number of nitrogens with zero attached hydrogens (tertiary/aromatic N) is 2. The number of rotatable bonds is 2. The molecule has 3 atom stereocenters. The Morgan fingerprint density at radius 1 is 1.32 bits per heavy atom. The third-order valence-corrected chi connectivity index (χ3v) is 4.06. The average Bonchev–Trinajstić information content (AvgIpc) is 3.09. The van der Waals surface area contributed by atoms with Gasteiger partial charge in [-0.05, 0) is 36.5 Å². The average molecular weight is 322 g/mol. The van der Waals surface area contributed by atoms with Crippen LogP contribution in [0, 0.1) is 10.7 Å². The zero-order chi connectivity index (χ0) is 15.3. The molecule has 2 fully saturated rings. The van der Waals surface area contributed by atoms with Gasteiger partial charge in [0.25, 0.3) is 4.84 Å². The van der Waals surface area contributed by atoms with Gasteiger partial charge in [-0.3, -0.25) is 4.79 Å². The molecular formula is C14H11FN2O4S. The smallest absolute Gasteiger partial charge is 0.287 e. The van der Waals surface area contributed by atoms with E-state index in [1.165, 1.54) is 16.8 Å². The molecule has 2 aliphatic heterocycles. The first kappa shape index (κ1) is 13.7. The van der Waals surface area contributed by atoms with E-state index in [2.05, 4.69) is 5.10 Å². The maximum atomic E-state index is 13.0. The number of fused-ring (bicyclic) bond motifs is 2.